The van der Waals surface area contributed by atoms with E-state index in [-0.39, 0.29) is 0 Å². The molecular weight excluding hydrogens is 224 g/mol. The molecule has 0 bridgehead atoms. The molecule has 1 aliphatic carbocycles. The SMILES string of the molecule is CCNC1CCCCC1CN(CCOC)C(C)C. The molecule has 0 aromatic rings. The summed E-state index contributed by atoms with van der Waals surface area (Å²) in [7, 11) is 1.79. The maximum absolute atomic E-state index is 5.23. The van der Waals surface area contributed by atoms with E-state index < -0.39 is 0 Å². The van der Waals surface area contributed by atoms with Crippen LogP contribution in [-0.2, 0) is 4.74 Å². The van der Waals surface area contributed by atoms with E-state index >= 15 is 0 Å². The molecule has 1 N–H and O–H groups in total. The molecule has 0 aliphatic heterocycles. The lowest BCUT2D eigenvalue weighted by atomic mass is 9.84. The minimum absolute atomic E-state index is 0.615. The summed E-state index contributed by atoms with van der Waals surface area (Å²) in [5, 5.41) is 3.68. The molecule has 0 heterocycles. The first-order valence-electron chi connectivity index (χ1n) is 7.65. The van der Waals surface area contributed by atoms with Gasteiger partial charge in [0.05, 0.1) is 6.61 Å². The maximum atomic E-state index is 5.23. The molecule has 0 saturated heterocycles. The van der Waals surface area contributed by atoms with Gasteiger partial charge in [-0.05, 0) is 39.2 Å². The molecule has 0 aromatic heterocycles. The standard InChI is InChI=1S/C15H32N2O/c1-5-16-15-9-7-6-8-14(15)12-17(13(2)3)10-11-18-4/h13-16H,5-12H2,1-4H3. The van der Waals surface area contributed by atoms with Gasteiger partial charge in [-0.15, -0.1) is 0 Å². The van der Waals surface area contributed by atoms with Gasteiger partial charge in [0, 0.05) is 32.3 Å². The molecule has 3 nitrogen and oxygen atoms in total. The van der Waals surface area contributed by atoms with Gasteiger partial charge in [0.1, 0.15) is 0 Å². The van der Waals surface area contributed by atoms with Gasteiger partial charge in [0.25, 0.3) is 0 Å². The first-order valence-corrected chi connectivity index (χ1v) is 7.65. The molecule has 2 atom stereocenters. The summed E-state index contributed by atoms with van der Waals surface area (Å²) in [6.07, 6.45) is 5.54. The molecule has 1 saturated carbocycles. The Morgan fingerprint density at radius 1 is 1.28 bits per heavy atom. The molecule has 1 rings (SSSR count). The van der Waals surface area contributed by atoms with Crippen LogP contribution in [0, 0.1) is 5.92 Å². The van der Waals surface area contributed by atoms with Crippen molar-refractivity contribution in [3.63, 3.8) is 0 Å². The summed E-state index contributed by atoms with van der Waals surface area (Å²) in [5.74, 6) is 0.818. The highest BCUT2D eigenvalue weighted by Gasteiger charge is 2.26. The lowest BCUT2D eigenvalue weighted by Gasteiger charge is -2.37. The van der Waals surface area contributed by atoms with Crippen molar-refractivity contribution in [2.45, 2.75) is 58.5 Å². The van der Waals surface area contributed by atoms with Crippen LogP contribution in [0.15, 0.2) is 0 Å². The van der Waals surface area contributed by atoms with Crippen molar-refractivity contribution in [2.24, 2.45) is 5.92 Å². The van der Waals surface area contributed by atoms with Gasteiger partial charge in [0.15, 0.2) is 0 Å². The first kappa shape index (κ1) is 15.9. The molecule has 3 heteroatoms. The second kappa shape index (κ2) is 8.89. The normalized spacial score (nSPS) is 25.0. The predicted molar refractivity (Wildman–Crippen MR) is 78.0 cm³/mol. The molecule has 1 fully saturated rings. The number of nitrogens with zero attached hydrogens (tertiary/aromatic N) is 1. The van der Waals surface area contributed by atoms with E-state index in [1.165, 1.54) is 32.2 Å². The van der Waals surface area contributed by atoms with Crippen LogP contribution in [0.4, 0.5) is 0 Å². The Morgan fingerprint density at radius 3 is 2.61 bits per heavy atom. The minimum atomic E-state index is 0.615. The number of hydrogen-bond donors (Lipinski definition) is 1. The zero-order valence-electron chi connectivity index (χ0n) is 12.7. The van der Waals surface area contributed by atoms with Crippen molar-refractivity contribution in [1.82, 2.24) is 10.2 Å². The monoisotopic (exact) mass is 256 g/mol. The van der Waals surface area contributed by atoms with Crippen LogP contribution in [-0.4, -0.2) is 50.3 Å². The number of rotatable bonds is 8. The topological polar surface area (TPSA) is 24.5 Å². The van der Waals surface area contributed by atoms with Crippen molar-refractivity contribution >= 4 is 0 Å². The van der Waals surface area contributed by atoms with Crippen LogP contribution in [0.2, 0.25) is 0 Å². The largest absolute Gasteiger partial charge is 0.383 e. The fraction of sp³-hybridized carbons (Fsp3) is 1.00. The average molecular weight is 256 g/mol. The second-order valence-electron chi connectivity index (χ2n) is 5.79. The van der Waals surface area contributed by atoms with Crippen LogP contribution in [0.3, 0.4) is 0 Å². The molecule has 1 aliphatic rings. The molecular formula is C15H32N2O. The third-order valence-electron chi connectivity index (χ3n) is 4.16. The Balaban J connectivity index is 2.48. The Kier molecular flexibility index (Phi) is 7.87. The zero-order valence-corrected chi connectivity index (χ0v) is 12.7. The average Bonchev–Trinajstić information content (AvgIpc) is 2.36. The van der Waals surface area contributed by atoms with E-state index in [2.05, 4.69) is 31.0 Å². The van der Waals surface area contributed by atoms with Crippen molar-refractivity contribution in [1.29, 1.82) is 0 Å². The first-order chi connectivity index (χ1) is 8.69. The summed E-state index contributed by atoms with van der Waals surface area (Å²) < 4.78 is 5.23. The smallest absolute Gasteiger partial charge is 0.0589 e. The molecule has 2 unspecified atom stereocenters. The maximum Gasteiger partial charge on any atom is 0.0589 e. The minimum Gasteiger partial charge on any atom is -0.383 e. The Morgan fingerprint density at radius 2 is 2.00 bits per heavy atom. The van der Waals surface area contributed by atoms with Crippen molar-refractivity contribution in [3.05, 3.63) is 0 Å². The second-order valence-corrected chi connectivity index (χ2v) is 5.79. The Hall–Kier alpha value is -0.120. The quantitative estimate of drug-likeness (QED) is 0.722. The summed E-state index contributed by atoms with van der Waals surface area (Å²) in [5.41, 5.74) is 0. The van der Waals surface area contributed by atoms with Crippen molar-refractivity contribution < 1.29 is 4.74 Å². The Bertz CT molecular complexity index is 207. The third kappa shape index (κ3) is 5.25. The van der Waals surface area contributed by atoms with Gasteiger partial charge in [-0.1, -0.05) is 19.8 Å². The number of nitrogens with one attached hydrogen (secondary N) is 1. The lowest BCUT2D eigenvalue weighted by molar-refractivity contribution is 0.0990. The van der Waals surface area contributed by atoms with Gasteiger partial charge < -0.3 is 10.1 Å². The highest BCUT2D eigenvalue weighted by atomic mass is 16.5. The van der Waals surface area contributed by atoms with Crippen LogP contribution >= 0.6 is 0 Å². The van der Waals surface area contributed by atoms with Gasteiger partial charge in [-0.25, -0.2) is 0 Å². The molecule has 0 aromatic carbocycles. The van der Waals surface area contributed by atoms with E-state index in [1.807, 2.05) is 0 Å². The van der Waals surface area contributed by atoms with Crippen LogP contribution < -0.4 is 5.32 Å². The number of hydrogen-bond acceptors (Lipinski definition) is 3. The van der Waals surface area contributed by atoms with E-state index in [4.69, 9.17) is 4.74 Å². The van der Waals surface area contributed by atoms with Crippen molar-refractivity contribution in [2.75, 3.05) is 33.4 Å². The van der Waals surface area contributed by atoms with Crippen LogP contribution in [0.1, 0.15) is 46.5 Å². The van der Waals surface area contributed by atoms with Crippen LogP contribution in [0.5, 0.6) is 0 Å². The predicted octanol–water partition coefficient (Wildman–Crippen LogP) is 2.51. The molecule has 0 radical (unpaired) electrons. The molecule has 18 heavy (non-hydrogen) atoms. The van der Waals surface area contributed by atoms with E-state index in [9.17, 15) is 0 Å². The summed E-state index contributed by atoms with van der Waals surface area (Å²) in [4.78, 5) is 2.57. The third-order valence-corrected chi connectivity index (χ3v) is 4.16. The molecule has 0 spiro atoms. The van der Waals surface area contributed by atoms with Gasteiger partial charge >= 0.3 is 0 Å². The Labute approximate surface area is 113 Å². The van der Waals surface area contributed by atoms with Crippen molar-refractivity contribution in [3.8, 4) is 0 Å². The number of ether oxygens (including phenoxy) is 1. The zero-order chi connectivity index (χ0) is 13.4. The number of methoxy groups -OCH3 is 1. The highest BCUT2D eigenvalue weighted by molar-refractivity contribution is 4.83. The lowest BCUT2D eigenvalue weighted by Crippen LogP contribution is -2.46. The highest BCUT2D eigenvalue weighted by Crippen LogP contribution is 2.25. The van der Waals surface area contributed by atoms with E-state index in [0.29, 0.717) is 6.04 Å². The van der Waals surface area contributed by atoms with Gasteiger partial charge in [-0.2, -0.15) is 0 Å². The van der Waals surface area contributed by atoms with E-state index in [0.717, 1.165) is 31.7 Å². The van der Waals surface area contributed by atoms with E-state index in [1.54, 1.807) is 7.11 Å². The molecule has 108 valence electrons. The fourth-order valence-electron chi connectivity index (χ4n) is 3.03. The van der Waals surface area contributed by atoms with Crippen LogP contribution in [0.25, 0.3) is 0 Å². The van der Waals surface area contributed by atoms with Gasteiger partial charge in [0.2, 0.25) is 0 Å². The van der Waals surface area contributed by atoms with Gasteiger partial charge in [-0.3, -0.25) is 4.90 Å². The summed E-state index contributed by atoms with van der Waals surface area (Å²) >= 11 is 0. The fourth-order valence-corrected chi connectivity index (χ4v) is 3.03. The molecule has 0 amide bonds. The summed E-state index contributed by atoms with van der Waals surface area (Å²) in [6, 6.07) is 1.34. The summed E-state index contributed by atoms with van der Waals surface area (Å²) in [6.45, 7) is 11.0.